The van der Waals surface area contributed by atoms with Crippen molar-refractivity contribution in [2.75, 3.05) is 0 Å². The van der Waals surface area contributed by atoms with E-state index in [0.717, 1.165) is 5.56 Å². The second-order valence-corrected chi connectivity index (χ2v) is 4.80. The molecule has 0 heterocycles. The third-order valence-corrected chi connectivity index (χ3v) is 3.30. The van der Waals surface area contributed by atoms with Crippen LogP contribution in [0.4, 0.5) is 4.39 Å². The minimum atomic E-state index is -0.219. The van der Waals surface area contributed by atoms with E-state index in [-0.39, 0.29) is 11.6 Å². The van der Waals surface area contributed by atoms with Gasteiger partial charge >= 0.3 is 0 Å². The van der Waals surface area contributed by atoms with Gasteiger partial charge in [0.1, 0.15) is 11.6 Å². The lowest BCUT2D eigenvalue weighted by Crippen LogP contribution is -2.13. The maximum Gasteiger partial charge on any atom is 0.134 e. The number of nitrogens with one attached hydrogen (secondary N) is 1. The number of hydrogen-bond donors (Lipinski definition) is 2. The van der Waals surface area contributed by atoms with Crippen molar-refractivity contribution in [2.24, 2.45) is 0 Å². The minimum Gasteiger partial charge on any atom is -0.506 e. The highest BCUT2D eigenvalue weighted by Crippen LogP contribution is 2.27. The summed E-state index contributed by atoms with van der Waals surface area (Å²) in [5, 5.41) is 12.9. The van der Waals surface area contributed by atoms with Gasteiger partial charge in [-0.2, -0.15) is 0 Å². The number of phenolic OH excluding ortho intramolecular Hbond substituents is 1. The molecule has 0 bridgehead atoms. The first-order valence-electron chi connectivity index (χ1n) is 5.59. The molecule has 0 spiro atoms. The van der Waals surface area contributed by atoms with Gasteiger partial charge in [0.15, 0.2) is 0 Å². The summed E-state index contributed by atoms with van der Waals surface area (Å²) < 4.78 is 14.0. The molecule has 0 radical (unpaired) electrons. The third kappa shape index (κ3) is 3.09. The Morgan fingerprint density at radius 3 is 2.44 bits per heavy atom. The van der Waals surface area contributed by atoms with Crippen LogP contribution in [0.2, 0.25) is 0 Å². The molecule has 2 nitrogen and oxygen atoms in total. The maximum absolute atomic E-state index is 13.4. The number of para-hydroxylation sites is 1. The van der Waals surface area contributed by atoms with Gasteiger partial charge in [-0.05, 0) is 28.1 Å². The van der Waals surface area contributed by atoms with Crippen molar-refractivity contribution >= 4 is 15.9 Å². The van der Waals surface area contributed by atoms with Crippen molar-refractivity contribution < 1.29 is 9.50 Å². The van der Waals surface area contributed by atoms with Crippen LogP contribution in [0.3, 0.4) is 0 Å². The lowest BCUT2D eigenvalue weighted by Gasteiger charge is -2.08. The molecule has 2 aromatic carbocycles. The predicted octanol–water partition coefficient (Wildman–Crippen LogP) is 3.58. The average molecular weight is 310 g/mol. The van der Waals surface area contributed by atoms with Crippen LogP contribution in [0.1, 0.15) is 11.1 Å². The van der Waals surface area contributed by atoms with Gasteiger partial charge in [0.25, 0.3) is 0 Å². The number of benzene rings is 2. The fourth-order valence-electron chi connectivity index (χ4n) is 1.68. The van der Waals surface area contributed by atoms with E-state index in [1.165, 1.54) is 6.07 Å². The second kappa shape index (κ2) is 5.98. The molecular formula is C14H13BrFNO. The van der Waals surface area contributed by atoms with Gasteiger partial charge in [-0.15, -0.1) is 0 Å². The molecule has 2 rings (SSSR count). The zero-order valence-corrected chi connectivity index (χ0v) is 11.2. The summed E-state index contributed by atoms with van der Waals surface area (Å²) in [7, 11) is 0. The van der Waals surface area contributed by atoms with Crippen molar-refractivity contribution in [3.8, 4) is 5.75 Å². The lowest BCUT2D eigenvalue weighted by molar-refractivity contribution is 0.460. The van der Waals surface area contributed by atoms with E-state index in [2.05, 4.69) is 21.2 Å². The van der Waals surface area contributed by atoms with E-state index in [1.54, 1.807) is 24.3 Å². The molecule has 0 aromatic heterocycles. The first-order chi connectivity index (χ1) is 8.68. The van der Waals surface area contributed by atoms with E-state index in [0.29, 0.717) is 23.1 Å². The summed E-state index contributed by atoms with van der Waals surface area (Å²) in [4.78, 5) is 0. The van der Waals surface area contributed by atoms with Crippen LogP contribution in [0, 0.1) is 5.82 Å². The number of halogens is 2. The van der Waals surface area contributed by atoms with Crippen LogP contribution in [-0.4, -0.2) is 5.11 Å². The maximum atomic E-state index is 13.4. The fourth-order valence-corrected chi connectivity index (χ4v) is 2.08. The van der Waals surface area contributed by atoms with Gasteiger partial charge in [0.2, 0.25) is 0 Å². The average Bonchev–Trinajstić information content (AvgIpc) is 2.37. The van der Waals surface area contributed by atoms with Crippen molar-refractivity contribution in [1.82, 2.24) is 5.32 Å². The van der Waals surface area contributed by atoms with Crippen molar-refractivity contribution in [1.29, 1.82) is 0 Å². The van der Waals surface area contributed by atoms with Crippen LogP contribution in [0.25, 0.3) is 0 Å². The molecule has 0 unspecified atom stereocenters. The summed E-state index contributed by atoms with van der Waals surface area (Å²) in [5.74, 6) is 0.00185. The molecule has 94 valence electrons. The molecule has 0 aliphatic carbocycles. The molecule has 0 fully saturated rings. The Balaban J connectivity index is 1.97. The Bertz CT molecular complexity index is 545. The van der Waals surface area contributed by atoms with E-state index < -0.39 is 0 Å². The quantitative estimate of drug-likeness (QED) is 0.904. The molecule has 0 saturated heterocycles. The summed E-state index contributed by atoms with van der Waals surface area (Å²) in [5.41, 5.74) is 1.40. The third-order valence-electron chi connectivity index (χ3n) is 2.66. The SMILES string of the molecule is Oc1c(Br)cccc1CNCc1ccccc1F. The van der Waals surface area contributed by atoms with Gasteiger partial charge < -0.3 is 10.4 Å². The molecule has 0 amide bonds. The first-order valence-corrected chi connectivity index (χ1v) is 6.38. The zero-order valence-electron chi connectivity index (χ0n) is 9.66. The number of aromatic hydroxyl groups is 1. The van der Waals surface area contributed by atoms with Crippen LogP contribution in [-0.2, 0) is 13.1 Å². The van der Waals surface area contributed by atoms with E-state index in [9.17, 15) is 9.50 Å². The number of phenols is 1. The standard InChI is InChI=1S/C14H13BrFNO/c15-12-6-3-5-11(14(12)18)9-17-8-10-4-1-2-7-13(10)16/h1-7,17-18H,8-9H2. The second-order valence-electron chi connectivity index (χ2n) is 3.94. The van der Waals surface area contributed by atoms with Crippen molar-refractivity contribution in [3.05, 3.63) is 63.9 Å². The Hall–Kier alpha value is -1.39. The molecule has 0 atom stereocenters. The van der Waals surface area contributed by atoms with Crippen LogP contribution in [0.15, 0.2) is 46.9 Å². The highest BCUT2D eigenvalue weighted by molar-refractivity contribution is 9.10. The van der Waals surface area contributed by atoms with E-state index >= 15 is 0 Å². The smallest absolute Gasteiger partial charge is 0.134 e. The van der Waals surface area contributed by atoms with E-state index in [1.807, 2.05) is 12.1 Å². The summed E-state index contributed by atoms with van der Waals surface area (Å²) in [6, 6.07) is 12.1. The van der Waals surface area contributed by atoms with Gasteiger partial charge in [-0.3, -0.25) is 0 Å². The highest BCUT2D eigenvalue weighted by Gasteiger charge is 2.05. The summed E-state index contributed by atoms with van der Waals surface area (Å²) in [6.45, 7) is 0.915. The molecule has 18 heavy (non-hydrogen) atoms. The van der Waals surface area contributed by atoms with Crippen molar-refractivity contribution in [2.45, 2.75) is 13.1 Å². The van der Waals surface area contributed by atoms with Crippen molar-refractivity contribution in [3.63, 3.8) is 0 Å². The predicted molar refractivity (Wildman–Crippen MR) is 72.8 cm³/mol. The fraction of sp³-hybridized carbons (Fsp3) is 0.143. The Labute approximate surface area is 114 Å². The molecule has 2 aromatic rings. The summed E-state index contributed by atoms with van der Waals surface area (Å²) in [6.07, 6.45) is 0. The first kappa shape index (κ1) is 13.1. The van der Waals surface area contributed by atoms with Gasteiger partial charge in [-0.1, -0.05) is 30.3 Å². The molecule has 4 heteroatoms. The topological polar surface area (TPSA) is 32.3 Å². The molecule has 0 aliphatic heterocycles. The summed E-state index contributed by atoms with van der Waals surface area (Å²) >= 11 is 3.26. The monoisotopic (exact) mass is 309 g/mol. The zero-order chi connectivity index (χ0) is 13.0. The molecule has 2 N–H and O–H groups in total. The Kier molecular flexibility index (Phi) is 4.33. The Morgan fingerprint density at radius 2 is 1.67 bits per heavy atom. The van der Waals surface area contributed by atoms with Gasteiger partial charge in [0.05, 0.1) is 4.47 Å². The Morgan fingerprint density at radius 1 is 1.00 bits per heavy atom. The minimum absolute atomic E-state index is 0.219. The number of rotatable bonds is 4. The van der Waals surface area contributed by atoms with Crippen LogP contribution >= 0.6 is 15.9 Å². The normalized spacial score (nSPS) is 10.6. The van der Waals surface area contributed by atoms with Crippen LogP contribution in [0.5, 0.6) is 5.75 Å². The molecule has 0 saturated carbocycles. The number of hydrogen-bond acceptors (Lipinski definition) is 2. The van der Waals surface area contributed by atoms with Crippen LogP contribution < -0.4 is 5.32 Å². The van der Waals surface area contributed by atoms with Gasteiger partial charge in [-0.25, -0.2) is 4.39 Å². The lowest BCUT2D eigenvalue weighted by atomic mass is 10.2. The highest BCUT2D eigenvalue weighted by atomic mass is 79.9. The van der Waals surface area contributed by atoms with Gasteiger partial charge in [0, 0.05) is 24.2 Å². The molecule has 0 aliphatic rings. The largest absolute Gasteiger partial charge is 0.506 e. The molecular weight excluding hydrogens is 297 g/mol. The van der Waals surface area contributed by atoms with E-state index in [4.69, 9.17) is 0 Å².